The van der Waals surface area contributed by atoms with Crippen LogP contribution in [0.4, 0.5) is 4.79 Å². The third-order valence-electron chi connectivity index (χ3n) is 5.92. The fourth-order valence-electron chi connectivity index (χ4n) is 4.25. The fourth-order valence-corrected chi connectivity index (χ4v) is 4.98. The van der Waals surface area contributed by atoms with E-state index in [1.807, 2.05) is 16.5 Å². The molecule has 0 bridgehead atoms. The molecule has 4 rings (SSSR count). The molecule has 1 N–H and O–H groups in total. The maximum atomic E-state index is 12.6. The van der Waals surface area contributed by atoms with Gasteiger partial charge in [0.2, 0.25) is 0 Å². The first kappa shape index (κ1) is 17.2. The number of carbonyl (C=O) groups excluding carboxylic acids is 1. The van der Waals surface area contributed by atoms with E-state index in [1.54, 1.807) is 11.3 Å². The van der Waals surface area contributed by atoms with Gasteiger partial charge in [-0.25, -0.2) is 9.78 Å². The van der Waals surface area contributed by atoms with Gasteiger partial charge in [0, 0.05) is 62.4 Å². The molecule has 2 amide bonds. The molecule has 3 fully saturated rings. The first-order chi connectivity index (χ1) is 12.1. The summed E-state index contributed by atoms with van der Waals surface area (Å²) in [7, 11) is 0. The summed E-state index contributed by atoms with van der Waals surface area (Å²) in [5.74, 6) is 0. The van der Waals surface area contributed by atoms with Crippen LogP contribution in [-0.4, -0.2) is 76.6 Å². The molecular weight excluding hydrogens is 334 g/mol. The maximum Gasteiger partial charge on any atom is 0.317 e. The molecule has 0 radical (unpaired) electrons. The van der Waals surface area contributed by atoms with Gasteiger partial charge in [0.1, 0.15) is 5.01 Å². The van der Waals surface area contributed by atoms with Crippen LogP contribution in [0.3, 0.4) is 0 Å². The number of hydrogen-bond acceptors (Lipinski definition) is 5. The minimum Gasteiger partial charge on any atom is -0.334 e. The lowest BCUT2D eigenvalue weighted by atomic mass is 10.2. The Morgan fingerprint density at radius 2 is 2.08 bits per heavy atom. The molecule has 1 aromatic heterocycles. The summed E-state index contributed by atoms with van der Waals surface area (Å²) in [6.45, 7) is 8.97. The van der Waals surface area contributed by atoms with Crippen LogP contribution in [0.5, 0.6) is 0 Å². The Morgan fingerprint density at radius 3 is 2.72 bits per heavy atom. The maximum absolute atomic E-state index is 12.6. The number of hydrogen-bond donors (Lipinski definition) is 1. The van der Waals surface area contributed by atoms with Crippen molar-refractivity contribution in [3.8, 4) is 0 Å². The van der Waals surface area contributed by atoms with Crippen molar-refractivity contribution in [3.05, 3.63) is 16.6 Å². The van der Waals surface area contributed by atoms with Gasteiger partial charge in [0.15, 0.2) is 0 Å². The van der Waals surface area contributed by atoms with E-state index in [4.69, 9.17) is 0 Å². The second-order valence-electron chi connectivity index (χ2n) is 7.73. The summed E-state index contributed by atoms with van der Waals surface area (Å²) in [4.78, 5) is 24.0. The van der Waals surface area contributed by atoms with E-state index in [0.717, 1.165) is 50.2 Å². The standard InChI is InChI=1S/C18H29N5OS/c1-13-11-15(12-23(13)16-3-4-16)20-18(24)22-8-6-21(7-9-22)14(2)17-19-5-10-25-17/h5,10,13-16H,3-4,6-9,11-12H2,1-2H3,(H,20,24). The number of nitrogens with one attached hydrogen (secondary N) is 1. The minimum atomic E-state index is 0.122. The van der Waals surface area contributed by atoms with E-state index in [9.17, 15) is 4.79 Å². The molecule has 1 saturated carbocycles. The second-order valence-corrected chi connectivity index (χ2v) is 8.65. The number of nitrogens with zero attached hydrogens (tertiary/aromatic N) is 4. The van der Waals surface area contributed by atoms with Gasteiger partial charge in [-0.3, -0.25) is 9.80 Å². The van der Waals surface area contributed by atoms with Crippen LogP contribution in [0.15, 0.2) is 11.6 Å². The van der Waals surface area contributed by atoms with Gasteiger partial charge >= 0.3 is 6.03 Å². The molecule has 1 aromatic rings. The predicted octanol–water partition coefficient (Wildman–Crippen LogP) is 2.16. The minimum absolute atomic E-state index is 0.122. The first-order valence-corrected chi connectivity index (χ1v) is 10.4. The molecule has 6 nitrogen and oxygen atoms in total. The van der Waals surface area contributed by atoms with Gasteiger partial charge in [0.05, 0.1) is 6.04 Å². The molecule has 0 spiro atoms. The number of aromatic nitrogens is 1. The quantitative estimate of drug-likeness (QED) is 0.891. The van der Waals surface area contributed by atoms with E-state index >= 15 is 0 Å². The monoisotopic (exact) mass is 363 g/mol. The van der Waals surface area contributed by atoms with Gasteiger partial charge < -0.3 is 10.2 Å². The van der Waals surface area contributed by atoms with Crippen molar-refractivity contribution in [2.24, 2.45) is 0 Å². The van der Waals surface area contributed by atoms with Crippen LogP contribution in [0.1, 0.15) is 44.2 Å². The fraction of sp³-hybridized carbons (Fsp3) is 0.778. The lowest BCUT2D eigenvalue weighted by Gasteiger charge is -2.37. The van der Waals surface area contributed by atoms with Crippen LogP contribution in [-0.2, 0) is 0 Å². The summed E-state index contributed by atoms with van der Waals surface area (Å²) < 4.78 is 0. The summed E-state index contributed by atoms with van der Waals surface area (Å²) in [6, 6.07) is 2.17. The zero-order valence-corrected chi connectivity index (χ0v) is 16.0. The molecule has 7 heteroatoms. The number of carbonyl (C=O) groups is 1. The van der Waals surface area contributed by atoms with Crippen molar-refractivity contribution < 1.29 is 4.79 Å². The van der Waals surface area contributed by atoms with Crippen molar-refractivity contribution in [1.82, 2.24) is 25.0 Å². The Labute approximate surface area is 154 Å². The molecular formula is C18H29N5OS. The Hall–Kier alpha value is -1.18. The van der Waals surface area contributed by atoms with Gasteiger partial charge in [-0.2, -0.15) is 0 Å². The summed E-state index contributed by atoms with van der Waals surface area (Å²) in [6.07, 6.45) is 5.63. The van der Waals surface area contributed by atoms with E-state index < -0.39 is 0 Å². The number of rotatable bonds is 4. The van der Waals surface area contributed by atoms with Gasteiger partial charge in [0.25, 0.3) is 0 Å². The van der Waals surface area contributed by atoms with Crippen LogP contribution < -0.4 is 5.32 Å². The third-order valence-corrected chi connectivity index (χ3v) is 6.87. The smallest absolute Gasteiger partial charge is 0.317 e. The molecule has 1 aliphatic carbocycles. The average molecular weight is 364 g/mol. The van der Waals surface area contributed by atoms with Crippen LogP contribution in [0.25, 0.3) is 0 Å². The number of amides is 2. The van der Waals surface area contributed by atoms with E-state index in [-0.39, 0.29) is 6.03 Å². The van der Waals surface area contributed by atoms with Gasteiger partial charge in [-0.1, -0.05) is 0 Å². The predicted molar refractivity (Wildman–Crippen MR) is 99.8 cm³/mol. The highest BCUT2D eigenvalue weighted by Gasteiger charge is 2.39. The number of urea groups is 1. The zero-order valence-electron chi connectivity index (χ0n) is 15.2. The Morgan fingerprint density at radius 1 is 1.32 bits per heavy atom. The number of thiazole rings is 1. The normalized spacial score (nSPS) is 29.8. The van der Waals surface area contributed by atoms with Crippen molar-refractivity contribution in [2.45, 2.75) is 57.3 Å². The molecule has 3 unspecified atom stereocenters. The molecule has 3 aliphatic rings. The molecule has 25 heavy (non-hydrogen) atoms. The summed E-state index contributed by atoms with van der Waals surface area (Å²) in [5.41, 5.74) is 0. The Balaban J connectivity index is 1.24. The van der Waals surface area contributed by atoms with Crippen molar-refractivity contribution >= 4 is 17.4 Å². The molecule has 3 atom stereocenters. The second kappa shape index (κ2) is 7.21. The zero-order chi connectivity index (χ0) is 17.4. The third kappa shape index (κ3) is 3.83. The topological polar surface area (TPSA) is 51.7 Å². The van der Waals surface area contributed by atoms with Gasteiger partial charge in [-0.15, -0.1) is 11.3 Å². The van der Waals surface area contributed by atoms with Gasteiger partial charge in [-0.05, 0) is 33.1 Å². The molecule has 2 aliphatic heterocycles. The highest BCUT2D eigenvalue weighted by atomic mass is 32.1. The number of likely N-dealkylation sites (tertiary alicyclic amines) is 1. The molecule has 3 heterocycles. The largest absolute Gasteiger partial charge is 0.334 e. The van der Waals surface area contributed by atoms with Crippen LogP contribution >= 0.6 is 11.3 Å². The lowest BCUT2D eigenvalue weighted by molar-refractivity contribution is 0.112. The van der Waals surface area contributed by atoms with E-state index in [0.29, 0.717) is 18.1 Å². The highest BCUT2D eigenvalue weighted by molar-refractivity contribution is 7.09. The molecule has 2 saturated heterocycles. The first-order valence-electron chi connectivity index (χ1n) is 9.56. The highest BCUT2D eigenvalue weighted by Crippen LogP contribution is 2.33. The van der Waals surface area contributed by atoms with E-state index in [2.05, 4.69) is 33.9 Å². The lowest BCUT2D eigenvalue weighted by Crippen LogP contribution is -2.54. The molecule has 138 valence electrons. The van der Waals surface area contributed by atoms with Crippen LogP contribution in [0.2, 0.25) is 0 Å². The summed E-state index contributed by atoms with van der Waals surface area (Å²) in [5, 5.41) is 6.48. The number of piperazine rings is 1. The summed E-state index contributed by atoms with van der Waals surface area (Å²) >= 11 is 1.71. The van der Waals surface area contributed by atoms with Crippen molar-refractivity contribution in [3.63, 3.8) is 0 Å². The SMILES string of the molecule is CC(c1nccs1)N1CCN(C(=O)NC2CC(C)N(C3CC3)C2)CC1. The average Bonchev–Trinajstić information content (AvgIpc) is 3.17. The van der Waals surface area contributed by atoms with E-state index in [1.165, 1.54) is 12.8 Å². The molecule has 0 aromatic carbocycles. The van der Waals surface area contributed by atoms with Crippen LogP contribution in [0, 0.1) is 0 Å². The Bertz CT molecular complexity index is 582. The van der Waals surface area contributed by atoms with Crippen molar-refractivity contribution in [1.29, 1.82) is 0 Å². The van der Waals surface area contributed by atoms with Crippen molar-refractivity contribution in [2.75, 3.05) is 32.7 Å². The Kier molecular flexibility index (Phi) is 4.97.